The number of hydrogen-bond acceptors (Lipinski definition) is 2. The lowest BCUT2D eigenvalue weighted by atomic mass is 10.00. The number of ether oxygens (including phenoxy) is 1. The lowest BCUT2D eigenvalue weighted by Crippen LogP contribution is -2.47. The lowest BCUT2D eigenvalue weighted by Gasteiger charge is -2.31. The van der Waals surface area contributed by atoms with E-state index in [0.717, 1.165) is 51.1 Å². The molecule has 2 amide bonds. The van der Waals surface area contributed by atoms with E-state index < -0.39 is 0 Å². The van der Waals surface area contributed by atoms with Crippen LogP contribution in [0.5, 0.6) is 0 Å². The Hall–Kier alpha value is -0.770. The maximum absolute atomic E-state index is 12.0. The molecule has 2 unspecified atom stereocenters. The predicted octanol–water partition coefficient (Wildman–Crippen LogP) is 2.00. The van der Waals surface area contributed by atoms with Crippen molar-refractivity contribution in [1.82, 2.24) is 10.2 Å². The largest absolute Gasteiger partial charge is 0.381 e. The summed E-state index contributed by atoms with van der Waals surface area (Å²) in [6.07, 6.45) is 5.69. The van der Waals surface area contributed by atoms with Gasteiger partial charge in [-0.3, -0.25) is 0 Å². The molecular weight excluding hydrogens is 216 g/mol. The summed E-state index contributed by atoms with van der Waals surface area (Å²) in [5.41, 5.74) is 0. The molecule has 2 fully saturated rings. The van der Waals surface area contributed by atoms with E-state index in [4.69, 9.17) is 4.74 Å². The number of amides is 2. The molecule has 0 bridgehead atoms. The standard InChI is InChI=1S/C13H24N2O2/c1-10-5-7-15(8-6-10)13(16)14-11-3-4-12(9-11)17-2/h10-12H,3-9H2,1-2H3,(H,14,16). The number of nitrogens with zero attached hydrogens (tertiary/aromatic N) is 1. The normalized spacial score (nSPS) is 30.6. The fraction of sp³-hybridized carbons (Fsp3) is 0.923. The van der Waals surface area contributed by atoms with Gasteiger partial charge in [0.05, 0.1) is 6.10 Å². The van der Waals surface area contributed by atoms with Gasteiger partial charge in [-0.15, -0.1) is 0 Å². The van der Waals surface area contributed by atoms with Gasteiger partial charge in [0.15, 0.2) is 0 Å². The first-order valence-corrected chi connectivity index (χ1v) is 6.77. The Labute approximate surface area is 104 Å². The SMILES string of the molecule is COC1CCC(NC(=O)N2CCC(C)CC2)C1. The number of rotatable bonds is 2. The van der Waals surface area contributed by atoms with Crippen molar-refractivity contribution in [3.05, 3.63) is 0 Å². The maximum Gasteiger partial charge on any atom is 0.317 e. The van der Waals surface area contributed by atoms with Crippen molar-refractivity contribution in [3.63, 3.8) is 0 Å². The smallest absolute Gasteiger partial charge is 0.317 e. The first-order chi connectivity index (χ1) is 8.19. The van der Waals surface area contributed by atoms with Crippen molar-refractivity contribution in [1.29, 1.82) is 0 Å². The molecule has 4 nitrogen and oxygen atoms in total. The van der Waals surface area contributed by atoms with E-state index in [1.807, 2.05) is 4.90 Å². The zero-order valence-corrected chi connectivity index (χ0v) is 10.9. The summed E-state index contributed by atoms with van der Waals surface area (Å²) in [5, 5.41) is 3.13. The quantitative estimate of drug-likeness (QED) is 0.802. The summed E-state index contributed by atoms with van der Waals surface area (Å²) in [6, 6.07) is 0.436. The van der Waals surface area contributed by atoms with Gasteiger partial charge in [-0.1, -0.05) is 6.92 Å². The predicted molar refractivity (Wildman–Crippen MR) is 66.9 cm³/mol. The van der Waals surface area contributed by atoms with Crippen molar-refractivity contribution in [2.75, 3.05) is 20.2 Å². The molecule has 1 aliphatic carbocycles. The zero-order chi connectivity index (χ0) is 12.3. The molecule has 0 aromatic rings. The van der Waals surface area contributed by atoms with Crippen molar-refractivity contribution in [2.45, 2.75) is 51.2 Å². The topological polar surface area (TPSA) is 41.6 Å². The van der Waals surface area contributed by atoms with Crippen LogP contribution in [0, 0.1) is 5.92 Å². The number of carbonyl (C=O) groups is 1. The van der Waals surface area contributed by atoms with Gasteiger partial charge in [0.2, 0.25) is 0 Å². The number of likely N-dealkylation sites (tertiary alicyclic amines) is 1. The van der Waals surface area contributed by atoms with E-state index in [2.05, 4.69) is 12.2 Å². The Morgan fingerprint density at radius 1 is 1.24 bits per heavy atom. The highest BCUT2D eigenvalue weighted by molar-refractivity contribution is 5.74. The van der Waals surface area contributed by atoms with Gasteiger partial charge in [-0.2, -0.15) is 0 Å². The fourth-order valence-electron chi connectivity index (χ4n) is 2.76. The van der Waals surface area contributed by atoms with Crippen LogP contribution in [0.15, 0.2) is 0 Å². The van der Waals surface area contributed by atoms with E-state index in [1.165, 1.54) is 0 Å². The first kappa shape index (κ1) is 12.7. The van der Waals surface area contributed by atoms with Gasteiger partial charge in [0.1, 0.15) is 0 Å². The molecule has 2 atom stereocenters. The van der Waals surface area contributed by atoms with Gasteiger partial charge >= 0.3 is 6.03 Å². The van der Waals surface area contributed by atoms with E-state index >= 15 is 0 Å². The average molecular weight is 240 g/mol. The number of urea groups is 1. The number of nitrogens with one attached hydrogen (secondary N) is 1. The van der Waals surface area contributed by atoms with Crippen LogP contribution in [-0.2, 0) is 4.74 Å². The van der Waals surface area contributed by atoms with Crippen molar-refractivity contribution in [3.8, 4) is 0 Å². The third-order valence-corrected chi connectivity index (χ3v) is 4.12. The monoisotopic (exact) mass is 240 g/mol. The molecule has 4 heteroatoms. The van der Waals surface area contributed by atoms with Gasteiger partial charge < -0.3 is 15.0 Å². The summed E-state index contributed by atoms with van der Waals surface area (Å²) in [7, 11) is 1.75. The molecule has 2 rings (SSSR count). The van der Waals surface area contributed by atoms with Crippen LogP contribution >= 0.6 is 0 Å². The van der Waals surface area contributed by atoms with E-state index in [9.17, 15) is 4.79 Å². The molecule has 0 aromatic carbocycles. The second kappa shape index (κ2) is 5.71. The Balaban J connectivity index is 1.74. The van der Waals surface area contributed by atoms with Crippen LogP contribution in [-0.4, -0.2) is 43.3 Å². The van der Waals surface area contributed by atoms with Crippen LogP contribution in [0.4, 0.5) is 4.79 Å². The molecule has 1 aliphatic heterocycles. The molecule has 0 radical (unpaired) electrons. The van der Waals surface area contributed by atoms with Crippen LogP contribution in [0.3, 0.4) is 0 Å². The van der Waals surface area contributed by atoms with Crippen LogP contribution in [0.1, 0.15) is 39.0 Å². The van der Waals surface area contributed by atoms with Crippen molar-refractivity contribution >= 4 is 6.03 Å². The summed E-state index contributed by atoms with van der Waals surface area (Å²) in [6.45, 7) is 4.08. The van der Waals surface area contributed by atoms with E-state index in [1.54, 1.807) is 7.11 Å². The highest BCUT2D eigenvalue weighted by Crippen LogP contribution is 2.22. The van der Waals surface area contributed by atoms with Crippen molar-refractivity contribution in [2.24, 2.45) is 5.92 Å². The summed E-state index contributed by atoms with van der Waals surface area (Å²) in [4.78, 5) is 14.0. The molecular formula is C13H24N2O2. The Morgan fingerprint density at radius 3 is 2.53 bits per heavy atom. The number of methoxy groups -OCH3 is 1. The lowest BCUT2D eigenvalue weighted by molar-refractivity contribution is 0.106. The summed E-state index contributed by atoms with van der Waals surface area (Å²) >= 11 is 0. The number of piperidine rings is 1. The van der Waals surface area contributed by atoms with E-state index in [0.29, 0.717) is 12.1 Å². The molecule has 98 valence electrons. The summed E-state index contributed by atoms with van der Waals surface area (Å²) in [5.74, 6) is 0.767. The minimum absolute atomic E-state index is 0.124. The van der Waals surface area contributed by atoms with E-state index in [-0.39, 0.29) is 6.03 Å². The van der Waals surface area contributed by atoms with Crippen LogP contribution < -0.4 is 5.32 Å². The molecule has 0 aromatic heterocycles. The van der Waals surface area contributed by atoms with Gasteiger partial charge in [0, 0.05) is 26.2 Å². The third-order valence-electron chi connectivity index (χ3n) is 4.12. The van der Waals surface area contributed by atoms with Crippen LogP contribution in [0.2, 0.25) is 0 Å². The molecule has 1 heterocycles. The zero-order valence-electron chi connectivity index (χ0n) is 10.9. The third kappa shape index (κ3) is 3.35. The Kier molecular flexibility index (Phi) is 4.26. The second-order valence-corrected chi connectivity index (χ2v) is 5.49. The highest BCUT2D eigenvalue weighted by atomic mass is 16.5. The summed E-state index contributed by atoms with van der Waals surface area (Å²) < 4.78 is 5.32. The fourth-order valence-corrected chi connectivity index (χ4v) is 2.76. The van der Waals surface area contributed by atoms with Gasteiger partial charge in [-0.05, 0) is 38.0 Å². The molecule has 1 saturated heterocycles. The Bertz CT molecular complexity index is 262. The molecule has 17 heavy (non-hydrogen) atoms. The number of carbonyl (C=O) groups excluding carboxylic acids is 1. The molecule has 2 aliphatic rings. The molecule has 1 saturated carbocycles. The van der Waals surface area contributed by atoms with Crippen molar-refractivity contribution < 1.29 is 9.53 Å². The Morgan fingerprint density at radius 2 is 1.94 bits per heavy atom. The van der Waals surface area contributed by atoms with Gasteiger partial charge in [-0.25, -0.2) is 4.79 Å². The number of hydrogen-bond donors (Lipinski definition) is 1. The minimum atomic E-state index is 0.124. The van der Waals surface area contributed by atoms with Gasteiger partial charge in [0.25, 0.3) is 0 Å². The minimum Gasteiger partial charge on any atom is -0.381 e. The molecule has 1 N–H and O–H groups in total. The first-order valence-electron chi connectivity index (χ1n) is 6.77. The highest BCUT2D eigenvalue weighted by Gasteiger charge is 2.28. The molecule has 0 spiro atoms. The second-order valence-electron chi connectivity index (χ2n) is 5.49. The average Bonchev–Trinajstić information content (AvgIpc) is 2.77. The maximum atomic E-state index is 12.0. The van der Waals surface area contributed by atoms with Crippen LogP contribution in [0.25, 0.3) is 0 Å².